The molecule has 3 aliphatic rings. The average Bonchev–Trinajstić information content (AvgIpc) is 2.75. The van der Waals surface area contributed by atoms with E-state index in [0.29, 0.717) is 0 Å². The van der Waals surface area contributed by atoms with Gasteiger partial charge < -0.3 is 14.6 Å². The summed E-state index contributed by atoms with van der Waals surface area (Å²) in [4.78, 5) is 22.3. The Morgan fingerprint density at radius 1 is 1.64 bits per heavy atom. The molecular formula is C9H8O5. The highest BCUT2D eigenvalue weighted by Gasteiger charge is 2.66. The van der Waals surface area contributed by atoms with Crippen molar-refractivity contribution in [3.05, 3.63) is 12.2 Å². The Bertz CT molecular complexity index is 360. The number of esters is 1. The first-order valence-electron chi connectivity index (χ1n) is 4.41. The van der Waals surface area contributed by atoms with Crippen LogP contribution in [0.15, 0.2) is 12.2 Å². The van der Waals surface area contributed by atoms with E-state index < -0.39 is 35.5 Å². The minimum atomic E-state index is -0.995. The quantitative estimate of drug-likeness (QED) is 0.455. The molecule has 0 aromatic rings. The van der Waals surface area contributed by atoms with Gasteiger partial charge in [0.1, 0.15) is 24.0 Å². The summed E-state index contributed by atoms with van der Waals surface area (Å²) >= 11 is 0. The van der Waals surface area contributed by atoms with Crippen molar-refractivity contribution in [3.8, 4) is 0 Å². The van der Waals surface area contributed by atoms with E-state index in [4.69, 9.17) is 14.6 Å². The zero-order chi connectivity index (χ0) is 9.92. The highest BCUT2D eigenvalue weighted by Crippen LogP contribution is 2.50. The Morgan fingerprint density at radius 3 is 3.14 bits per heavy atom. The number of rotatable bonds is 1. The van der Waals surface area contributed by atoms with Gasteiger partial charge in [-0.25, -0.2) is 0 Å². The van der Waals surface area contributed by atoms with Crippen molar-refractivity contribution >= 4 is 11.9 Å². The third-order valence-corrected chi connectivity index (χ3v) is 3.14. The Morgan fingerprint density at radius 2 is 2.43 bits per heavy atom. The van der Waals surface area contributed by atoms with Gasteiger partial charge in [0.05, 0.1) is 6.10 Å². The molecule has 1 N–H and O–H groups in total. The van der Waals surface area contributed by atoms with Crippen LogP contribution in [0.2, 0.25) is 0 Å². The highest BCUT2D eigenvalue weighted by molar-refractivity contribution is 5.86. The number of aliphatic carboxylic acids is 1. The van der Waals surface area contributed by atoms with Crippen LogP contribution in [0.5, 0.6) is 0 Å². The number of hydrogen-bond acceptors (Lipinski definition) is 4. The van der Waals surface area contributed by atoms with E-state index in [1.54, 1.807) is 12.2 Å². The molecule has 14 heavy (non-hydrogen) atoms. The van der Waals surface area contributed by atoms with Gasteiger partial charge in [-0.05, 0) is 6.08 Å². The number of carbonyl (C=O) groups is 2. The van der Waals surface area contributed by atoms with Crippen LogP contribution in [0, 0.1) is 11.8 Å². The molecule has 3 aliphatic heterocycles. The predicted molar refractivity (Wildman–Crippen MR) is 42.3 cm³/mol. The minimum Gasteiger partial charge on any atom is -0.481 e. The standard InChI is InChI=1S/C9H8O5/c10-7(11)5-4-1-2-9(14-4)3-13-8(12)6(5)9/h1-2,4-6H,3H2,(H,10,11). The zero-order valence-electron chi connectivity index (χ0n) is 7.17. The van der Waals surface area contributed by atoms with Gasteiger partial charge in [0.2, 0.25) is 0 Å². The van der Waals surface area contributed by atoms with E-state index in [1.807, 2.05) is 0 Å². The molecule has 1 spiro atoms. The van der Waals surface area contributed by atoms with Gasteiger partial charge in [-0.1, -0.05) is 6.08 Å². The molecular weight excluding hydrogens is 188 g/mol. The SMILES string of the molecule is O=C(O)C1C2C=CC3(COC(=O)C13)O2. The lowest BCUT2D eigenvalue weighted by molar-refractivity contribution is -0.152. The van der Waals surface area contributed by atoms with Crippen LogP contribution in [-0.4, -0.2) is 35.4 Å². The zero-order valence-corrected chi connectivity index (χ0v) is 7.17. The predicted octanol–water partition coefficient (Wildman–Crippen LogP) is -0.432. The number of cyclic esters (lactones) is 1. The molecule has 0 aromatic carbocycles. The topological polar surface area (TPSA) is 72.8 Å². The molecule has 2 bridgehead atoms. The fraction of sp³-hybridized carbons (Fsp3) is 0.556. The summed E-state index contributed by atoms with van der Waals surface area (Å²) in [5, 5.41) is 8.98. The first-order valence-corrected chi connectivity index (χ1v) is 4.41. The summed E-state index contributed by atoms with van der Waals surface area (Å²) in [6, 6.07) is 0. The Labute approximate surface area is 79.3 Å². The Balaban J connectivity index is 2.08. The second-order valence-electron chi connectivity index (χ2n) is 3.85. The van der Waals surface area contributed by atoms with Crippen LogP contribution in [0.3, 0.4) is 0 Å². The van der Waals surface area contributed by atoms with E-state index in [2.05, 4.69) is 0 Å². The number of fused-ring (bicyclic) bond motifs is 1. The van der Waals surface area contributed by atoms with Crippen LogP contribution in [-0.2, 0) is 19.1 Å². The molecule has 0 aliphatic carbocycles. The first-order chi connectivity index (χ1) is 6.64. The number of carboxylic acids is 1. The molecule has 0 saturated carbocycles. The summed E-state index contributed by atoms with van der Waals surface area (Å²) in [6.07, 6.45) is 2.99. The summed E-state index contributed by atoms with van der Waals surface area (Å²) < 4.78 is 10.3. The average molecular weight is 196 g/mol. The Kier molecular flexibility index (Phi) is 1.24. The fourth-order valence-corrected chi connectivity index (χ4v) is 2.53. The molecule has 0 aromatic heterocycles. The summed E-state index contributed by atoms with van der Waals surface area (Å²) in [6.45, 7) is 0.146. The van der Waals surface area contributed by atoms with Crippen LogP contribution in [0.4, 0.5) is 0 Å². The van der Waals surface area contributed by atoms with Gasteiger partial charge in [0.15, 0.2) is 0 Å². The molecule has 5 heteroatoms. The first kappa shape index (κ1) is 7.99. The van der Waals surface area contributed by atoms with E-state index >= 15 is 0 Å². The van der Waals surface area contributed by atoms with Crippen LogP contribution in [0.25, 0.3) is 0 Å². The van der Waals surface area contributed by atoms with Crippen molar-refractivity contribution in [3.63, 3.8) is 0 Å². The van der Waals surface area contributed by atoms with Crippen molar-refractivity contribution in [1.29, 1.82) is 0 Å². The molecule has 0 radical (unpaired) electrons. The molecule has 2 saturated heterocycles. The van der Waals surface area contributed by atoms with Gasteiger partial charge in [-0.3, -0.25) is 9.59 Å². The number of ether oxygens (including phenoxy) is 2. The maximum atomic E-state index is 11.4. The van der Waals surface area contributed by atoms with Crippen molar-refractivity contribution in [1.82, 2.24) is 0 Å². The smallest absolute Gasteiger partial charge is 0.313 e. The van der Waals surface area contributed by atoms with Gasteiger partial charge in [0, 0.05) is 0 Å². The largest absolute Gasteiger partial charge is 0.481 e. The van der Waals surface area contributed by atoms with Crippen LogP contribution < -0.4 is 0 Å². The normalized spacial score (nSPS) is 48.0. The third-order valence-electron chi connectivity index (χ3n) is 3.14. The molecule has 4 unspecified atom stereocenters. The van der Waals surface area contributed by atoms with E-state index in [-0.39, 0.29) is 6.61 Å². The second-order valence-corrected chi connectivity index (χ2v) is 3.85. The molecule has 3 rings (SSSR count). The van der Waals surface area contributed by atoms with Gasteiger partial charge >= 0.3 is 11.9 Å². The fourth-order valence-electron chi connectivity index (χ4n) is 2.53. The summed E-state index contributed by atoms with van der Waals surface area (Å²) in [7, 11) is 0. The molecule has 4 atom stereocenters. The molecule has 74 valence electrons. The lowest BCUT2D eigenvalue weighted by Crippen LogP contribution is -2.38. The summed E-state index contributed by atoms with van der Waals surface area (Å²) in [5.41, 5.74) is -0.787. The van der Waals surface area contributed by atoms with Crippen LogP contribution >= 0.6 is 0 Å². The van der Waals surface area contributed by atoms with E-state index in [1.165, 1.54) is 0 Å². The minimum absolute atomic E-state index is 0.146. The number of carbonyl (C=O) groups excluding carboxylic acids is 1. The monoisotopic (exact) mass is 196 g/mol. The number of carboxylic acid groups (broad SMARTS) is 1. The lowest BCUT2D eigenvalue weighted by atomic mass is 9.77. The maximum Gasteiger partial charge on any atom is 0.313 e. The van der Waals surface area contributed by atoms with Gasteiger partial charge in [0.25, 0.3) is 0 Å². The van der Waals surface area contributed by atoms with Crippen molar-refractivity contribution in [2.75, 3.05) is 6.61 Å². The molecule has 5 nitrogen and oxygen atoms in total. The van der Waals surface area contributed by atoms with Gasteiger partial charge in [-0.2, -0.15) is 0 Å². The molecule has 2 fully saturated rings. The third kappa shape index (κ3) is 0.698. The van der Waals surface area contributed by atoms with E-state index in [0.717, 1.165) is 0 Å². The Hall–Kier alpha value is -1.36. The lowest BCUT2D eigenvalue weighted by Gasteiger charge is -2.19. The molecule has 0 amide bonds. The maximum absolute atomic E-state index is 11.4. The summed E-state index contributed by atoms with van der Waals surface area (Å²) in [5.74, 6) is -2.89. The van der Waals surface area contributed by atoms with E-state index in [9.17, 15) is 9.59 Å². The number of hydrogen-bond donors (Lipinski definition) is 1. The second kappa shape index (κ2) is 2.17. The highest BCUT2D eigenvalue weighted by atomic mass is 16.6. The van der Waals surface area contributed by atoms with Crippen LogP contribution in [0.1, 0.15) is 0 Å². The van der Waals surface area contributed by atoms with Crippen molar-refractivity contribution in [2.24, 2.45) is 11.8 Å². The van der Waals surface area contributed by atoms with Crippen molar-refractivity contribution < 1.29 is 24.2 Å². The van der Waals surface area contributed by atoms with Crippen molar-refractivity contribution in [2.45, 2.75) is 11.7 Å². The molecule has 3 heterocycles. The van der Waals surface area contributed by atoms with Gasteiger partial charge in [-0.15, -0.1) is 0 Å².